The van der Waals surface area contributed by atoms with E-state index >= 15 is 0 Å². The second kappa shape index (κ2) is 6.97. The van der Waals surface area contributed by atoms with Gasteiger partial charge in [-0.1, -0.05) is 17.8 Å². The van der Waals surface area contributed by atoms with Crippen LogP contribution in [0.5, 0.6) is 0 Å². The van der Waals surface area contributed by atoms with Crippen LogP contribution in [0.25, 0.3) is 5.52 Å². The Hall–Kier alpha value is -2.12. The number of hydrogen-bond acceptors (Lipinski definition) is 5. The largest absolute Gasteiger partial charge is 0.351 e. The first-order valence-corrected chi connectivity index (χ1v) is 8.85. The summed E-state index contributed by atoms with van der Waals surface area (Å²) < 4.78 is 1.97. The van der Waals surface area contributed by atoms with E-state index in [0.29, 0.717) is 17.2 Å². The predicted molar refractivity (Wildman–Crippen MR) is 92.1 cm³/mol. The molecular weight excluding hydrogens is 330 g/mol. The lowest BCUT2D eigenvalue weighted by Crippen LogP contribution is -2.18. The number of ketones is 1. The molecule has 1 N–H and O–H groups in total. The number of aromatic nitrogens is 2. The smallest absolute Gasteiger partial charge is 0.217 e. The molecule has 0 saturated carbocycles. The van der Waals surface area contributed by atoms with Crippen LogP contribution in [0.2, 0.25) is 0 Å². The fraction of sp³-hybridized carbons (Fsp3) is 0.188. The fourth-order valence-electron chi connectivity index (χ4n) is 2.06. The summed E-state index contributed by atoms with van der Waals surface area (Å²) in [5.74, 6) is 0.337. The third-order valence-corrected chi connectivity index (χ3v) is 5.28. The molecule has 3 heterocycles. The highest BCUT2D eigenvalue weighted by molar-refractivity contribution is 7.99. The van der Waals surface area contributed by atoms with Crippen molar-refractivity contribution in [1.29, 1.82) is 0 Å². The van der Waals surface area contributed by atoms with E-state index in [1.807, 2.05) is 40.9 Å². The third kappa shape index (κ3) is 3.80. The van der Waals surface area contributed by atoms with Crippen molar-refractivity contribution in [3.63, 3.8) is 0 Å². The molecule has 23 heavy (non-hydrogen) atoms. The van der Waals surface area contributed by atoms with Crippen LogP contribution in [-0.2, 0) is 11.3 Å². The highest BCUT2D eigenvalue weighted by Gasteiger charge is 2.12. The molecule has 3 aromatic heterocycles. The molecule has 0 aliphatic rings. The fourth-order valence-corrected chi connectivity index (χ4v) is 3.89. The zero-order valence-electron chi connectivity index (χ0n) is 12.5. The number of nitrogens with one attached hydrogen (secondary N) is 1. The van der Waals surface area contributed by atoms with Crippen molar-refractivity contribution in [3.8, 4) is 0 Å². The van der Waals surface area contributed by atoms with Crippen LogP contribution in [0.4, 0.5) is 0 Å². The van der Waals surface area contributed by atoms with E-state index < -0.39 is 0 Å². The molecule has 7 heteroatoms. The van der Waals surface area contributed by atoms with Crippen LogP contribution in [0.15, 0.2) is 47.9 Å². The Morgan fingerprint density at radius 3 is 3.00 bits per heavy atom. The highest BCUT2D eigenvalue weighted by atomic mass is 32.2. The Balaban J connectivity index is 1.62. The lowest BCUT2D eigenvalue weighted by Gasteiger charge is -2.00. The van der Waals surface area contributed by atoms with Gasteiger partial charge in [0.1, 0.15) is 0 Å². The Kier molecular flexibility index (Phi) is 4.78. The lowest BCUT2D eigenvalue weighted by molar-refractivity contribution is -0.119. The zero-order valence-corrected chi connectivity index (χ0v) is 14.1. The minimum atomic E-state index is -0.0759. The number of carbonyl (C=O) groups excluding carboxylic acids is 2. The predicted octanol–water partition coefficient (Wildman–Crippen LogP) is 3.01. The van der Waals surface area contributed by atoms with Crippen molar-refractivity contribution in [2.45, 2.75) is 18.6 Å². The number of nitrogens with zero attached hydrogens (tertiary/aromatic N) is 2. The summed E-state index contributed by atoms with van der Waals surface area (Å²) >= 11 is 2.85. The van der Waals surface area contributed by atoms with Gasteiger partial charge in [0, 0.05) is 18.0 Å². The number of hydrogen-bond donors (Lipinski definition) is 1. The number of fused-ring (bicyclic) bond motifs is 1. The number of thiophene rings is 1. The van der Waals surface area contributed by atoms with Crippen LogP contribution in [0, 0.1) is 0 Å². The maximum atomic E-state index is 12.3. The highest BCUT2D eigenvalue weighted by Crippen LogP contribution is 2.22. The number of amides is 1. The first-order valence-electron chi connectivity index (χ1n) is 7.05. The quantitative estimate of drug-likeness (QED) is 0.551. The second-order valence-corrected chi connectivity index (χ2v) is 7.03. The van der Waals surface area contributed by atoms with Gasteiger partial charge in [0.15, 0.2) is 10.9 Å². The van der Waals surface area contributed by atoms with Gasteiger partial charge in [-0.25, -0.2) is 4.98 Å². The van der Waals surface area contributed by atoms with E-state index in [1.54, 1.807) is 6.20 Å². The maximum Gasteiger partial charge on any atom is 0.217 e. The SMILES string of the molecule is CC(=O)NCc1ccc(C(=O)CSc2ncc3ccccn23)s1. The topological polar surface area (TPSA) is 63.5 Å². The van der Waals surface area contributed by atoms with E-state index in [2.05, 4.69) is 10.3 Å². The van der Waals surface area contributed by atoms with E-state index in [4.69, 9.17) is 0 Å². The third-order valence-electron chi connectivity index (χ3n) is 3.19. The molecule has 0 unspecified atom stereocenters. The number of rotatable bonds is 6. The van der Waals surface area contributed by atoms with Gasteiger partial charge in [-0.15, -0.1) is 11.3 Å². The lowest BCUT2D eigenvalue weighted by atomic mass is 10.3. The van der Waals surface area contributed by atoms with Crippen LogP contribution in [0.1, 0.15) is 21.5 Å². The van der Waals surface area contributed by atoms with Crippen molar-refractivity contribution < 1.29 is 9.59 Å². The van der Waals surface area contributed by atoms with Gasteiger partial charge in [-0.3, -0.25) is 14.0 Å². The van der Waals surface area contributed by atoms with E-state index in [1.165, 1.54) is 30.0 Å². The molecule has 0 fully saturated rings. The van der Waals surface area contributed by atoms with E-state index in [0.717, 1.165) is 15.6 Å². The molecule has 1 amide bonds. The van der Waals surface area contributed by atoms with E-state index in [-0.39, 0.29) is 11.7 Å². The number of imidazole rings is 1. The second-order valence-electron chi connectivity index (χ2n) is 4.92. The molecule has 0 aliphatic heterocycles. The minimum absolute atomic E-state index is 0.0711. The molecule has 0 aliphatic carbocycles. The summed E-state index contributed by atoms with van der Waals surface area (Å²) in [4.78, 5) is 29.2. The summed E-state index contributed by atoms with van der Waals surface area (Å²) in [6.07, 6.45) is 3.73. The normalized spacial score (nSPS) is 10.8. The summed E-state index contributed by atoms with van der Waals surface area (Å²) in [7, 11) is 0. The summed E-state index contributed by atoms with van der Waals surface area (Å²) in [5, 5.41) is 3.54. The Morgan fingerprint density at radius 2 is 2.17 bits per heavy atom. The number of Topliss-reactive ketones (excluding diaryl/α,β-unsaturated/α-hetero) is 1. The molecule has 5 nitrogen and oxygen atoms in total. The monoisotopic (exact) mass is 345 g/mol. The molecule has 3 rings (SSSR count). The molecule has 0 atom stereocenters. The molecule has 0 saturated heterocycles. The Bertz CT molecular complexity index is 854. The van der Waals surface area contributed by atoms with Crippen LogP contribution in [-0.4, -0.2) is 26.8 Å². The van der Waals surface area contributed by atoms with Gasteiger partial charge in [-0.05, 0) is 24.3 Å². The summed E-state index contributed by atoms with van der Waals surface area (Å²) in [5.41, 5.74) is 1.01. The number of carbonyl (C=O) groups is 2. The minimum Gasteiger partial charge on any atom is -0.351 e. The van der Waals surface area contributed by atoms with Crippen molar-refractivity contribution in [2.24, 2.45) is 0 Å². The van der Waals surface area contributed by atoms with Gasteiger partial charge in [0.05, 0.1) is 28.9 Å². The number of thioether (sulfide) groups is 1. The molecule has 0 aromatic carbocycles. The molecular formula is C16H15N3O2S2. The van der Waals surface area contributed by atoms with Crippen molar-refractivity contribution in [3.05, 3.63) is 52.5 Å². The number of pyridine rings is 1. The first kappa shape index (κ1) is 15.8. The Labute approximate surface area is 141 Å². The van der Waals surface area contributed by atoms with Crippen molar-refractivity contribution >= 4 is 40.3 Å². The summed E-state index contributed by atoms with van der Waals surface area (Å²) in [6.45, 7) is 1.94. The van der Waals surface area contributed by atoms with Gasteiger partial charge in [-0.2, -0.15) is 0 Å². The molecule has 3 aromatic rings. The summed E-state index contributed by atoms with van der Waals surface area (Å²) in [6, 6.07) is 9.57. The average molecular weight is 345 g/mol. The molecule has 0 spiro atoms. The van der Waals surface area contributed by atoms with Gasteiger partial charge in [0.25, 0.3) is 0 Å². The van der Waals surface area contributed by atoms with Gasteiger partial charge < -0.3 is 5.32 Å². The van der Waals surface area contributed by atoms with Crippen molar-refractivity contribution in [2.75, 3.05) is 5.75 Å². The van der Waals surface area contributed by atoms with Gasteiger partial charge >= 0.3 is 0 Å². The average Bonchev–Trinajstić information content (AvgIpc) is 3.18. The molecule has 0 radical (unpaired) electrons. The molecule has 0 bridgehead atoms. The van der Waals surface area contributed by atoms with Crippen LogP contribution >= 0.6 is 23.1 Å². The zero-order chi connectivity index (χ0) is 16.2. The van der Waals surface area contributed by atoms with Crippen LogP contribution < -0.4 is 5.32 Å². The van der Waals surface area contributed by atoms with E-state index in [9.17, 15) is 9.59 Å². The first-order chi connectivity index (χ1) is 11.1. The van der Waals surface area contributed by atoms with Gasteiger partial charge in [0.2, 0.25) is 5.91 Å². The van der Waals surface area contributed by atoms with Crippen molar-refractivity contribution in [1.82, 2.24) is 14.7 Å². The standard InChI is InChI=1S/C16H15N3O2S2/c1-11(20)17-9-13-5-6-15(23-13)14(21)10-22-16-18-8-12-4-2-3-7-19(12)16/h2-8H,9-10H2,1H3,(H,17,20). The Morgan fingerprint density at radius 1 is 1.30 bits per heavy atom. The maximum absolute atomic E-state index is 12.3. The van der Waals surface area contributed by atoms with Crippen LogP contribution in [0.3, 0.4) is 0 Å². The molecule has 118 valence electrons.